The van der Waals surface area contributed by atoms with Gasteiger partial charge in [0.2, 0.25) is 5.91 Å². The molecule has 0 bridgehead atoms. The Morgan fingerprint density at radius 2 is 2.31 bits per heavy atom. The van der Waals surface area contributed by atoms with E-state index in [2.05, 4.69) is 5.32 Å². The number of rotatable bonds is 5. The first-order chi connectivity index (χ1) is 7.56. The Morgan fingerprint density at radius 1 is 1.62 bits per heavy atom. The second kappa shape index (κ2) is 5.59. The van der Waals surface area contributed by atoms with E-state index in [4.69, 9.17) is 16.2 Å². The molecule has 1 atom stereocenters. The molecule has 6 nitrogen and oxygen atoms in total. The van der Waals surface area contributed by atoms with Crippen LogP contribution in [-0.4, -0.2) is 31.6 Å². The number of nitrogens with two attached hydrogens (primary N) is 2. The van der Waals surface area contributed by atoms with Crippen molar-refractivity contribution in [1.29, 1.82) is 0 Å². The SMILES string of the molecule is COCC(N)C(=O)Nc1sccc1C(N)=O. The van der Waals surface area contributed by atoms with Crippen molar-refractivity contribution in [2.75, 3.05) is 19.0 Å². The molecule has 16 heavy (non-hydrogen) atoms. The molecule has 1 aromatic rings. The first-order valence-corrected chi connectivity index (χ1v) is 5.37. The molecule has 0 radical (unpaired) electrons. The lowest BCUT2D eigenvalue weighted by molar-refractivity contribution is -0.118. The fraction of sp³-hybridized carbons (Fsp3) is 0.333. The van der Waals surface area contributed by atoms with Crippen LogP contribution in [-0.2, 0) is 9.53 Å². The molecule has 2 amide bonds. The molecular weight excluding hydrogens is 230 g/mol. The summed E-state index contributed by atoms with van der Waals surface area (Å²) in [7, 11) is 1.45. The van der Waals surface area contributed by atoms with E-state index < -0.39 is 17.9 Å². The third kappa shape index (κ3) is 3.02. The highest BCUT2D eigenvalue weighted by Crippen LogP contribution is 2.22. The summed E-state index contributed by atoms with van der Waals surface area (Å²) in [5, 5.41) is 4.60. The average Bonchev–Trinajstić information content (AvgIpc) is 2.66. The van der Waals surface area contributed by atoms with E-state index in [0.717, 1.165) is 0 Å². The lowest BCUT2D eigenvalue weighted by Gasteiger charge is -2.10. The molecule has 0 aliphatic rings. The van der Waals surface area contributed by atoms with Gasteiger partial charge in [-0.05, 0) is 11.4 Å². The first-order valence-electron chi connectivity index (χ1n) is 4.49. The van der Waals surface area contributed by atoms with Gasteiger partial charge in [-0.1, -0.05) is 0 Å². The van der Waals surface area contributed by atoms with Gasteiger partial charge >= 0.3 is 0 Å². The highest BCUT2D eigenvalue weighted by molar-refractivity contribution is 7.14. The van der Waals surface area contributed by atoms with Gasteiger partial charge < -0.3 is 21.5 Å². The molecule has 1 heterocycles. The van der Waals surface area contributed by atoms with Crippen LogP contribution in [0.3, 0.4) is 0 Å². The average molecular weight is 243 g/mol. The van der Waals surface area contributed by atoms with E-state index in [9.17, 15) is 9.59 Å². The summed E-state index contributed by atoms with van der Waals surface area (Å²) < 4.78 is 4.75. The van der Waals surface area contributed by atoms with E-state index >= 15 is 0 Å². The van der Waals surface area contributed by atoms with Crippen LogP contribution in [0, 0.1) is 0 Å². The molecule has 0 aromatic carbocycles. The van der Waals surface area contributed by atoms with Crippen LogP contribution in [0.1, 0.15) is 10.4 Å². The maximum atomic E-state index is 11.5. The van der Waals surface area contributed by atoms with Crippen LogP contribution in [0.15, 0.2) is 11.4 Å². The zero-order chi connectivity index (χ0) is 12.1. The normalized spacial score (nSPS) is 12.1. The van der Waals surface area contributed by atoms with Gasteiger partial charge in [0, 0.05) is 7.11 Å². The Bertz CT molecular complexity index is 391. The van der Waals surface area contributed by atoms with Crippen molar-refractivity contribution < 1.29 is 14.3 Å². The van der Waals surface area contributed by atoms with E-state index in [1.165, 1.54) is 18.4 Å². The number of amides is 2. The fourth-order valence-corrected chi connectivity index (χ4v) is 1.86. The summed E-state index contributed by atoms with van der Waals surface area (Å²) in [5.41, 5.74) is 10.9. The zero-order valence-corrected chi connectivity index (χ0v) is 9.54. The summed E-state index contributed by atoms with van der Waals surface area (Å²) in [6.45, 7) is 0.114. The third-order valence-electron chi connectivity index (χ3n) is 1.85. The first kappa shape index (κ1) is 12.6. The molecule has 88 valence electrons. The van der Waals surface area contributed by atoms with Crippen LogP contribution in [0.2, 0.25) is 0 Å². The fourth-order valence-electron chi connectivity index (χ4n) is 1.06. The number of anilines is 1. The van der Waals surface area contributed by atoms with Gasteiger partial charge in [0.25, 0.3) is 5.91 Å². The lowest BCUT2D eigenvalue weighted by Crippen LogP contribution is -2.39. The minimum absolute atomic E-state index is 0.114. The molecular formula is C9H13N3O3S. The number of methoxy groups -OCH3 is 1. The molecule has 0 aliphatic carbocycles. The number of ether oxygens (including phenoxy) is 1. The van der Waals surface area contributed by atoms with Gasteiger partial charge in [0.15, 0.2) is 0 Å². The monoisotopic (exact) mass is 243 g/mol. The predicted octanol–water partition coefficient (Wildman–Crippen LogP) is -0.241. The lowest BCUT2D eigenvalue weighted by atomic mass is 10.3. The van der Waals surface area contributed by atoms with Crippen LogP contribution >= 0.6 is 11.3 Å². The quantitative estimate of drug-likeness (QED) is 0.663. The Hall–Kier alpha value is -1.44. The highest BCUT2D eigenvalue weighted by atomic mass is 32.1. The van der Waals surface area contributed by atoms with Gasteiger partial charge in [0.05, 0.1) is 12.2 Å². The summed E-state index contributed by atoms with van der Waals surface area (Å²) in [5.74, 6) is -0.997. The third-order valence-corrected chi connectivity index (χ3v) is 2.68. The molecule has 0 saturated heterocycles. The van der Waals surface area contributed by atoms with Crippen molar-refractivity contribution in [3.63, 3.8) is 0 Å². The number of hydrogen-bond acceptors (Lipinski definition) is 5. The predicted molar refractivity (Wildman–Crippen MR) is 61.3 cm³/mol. The Morgan fingerprint density at radius 3 is 2.88 bits per heavy atom. The van der Waals surface area contributed by atoms with Crippen molar-refractivity contribution in [3.8, 4) is 0 Å². The van der Waals surface area contributed by atoms with Crippen LogP contribution < -0.4 is 16.8 Å². The Balaban J connectivity index is 2.69. The van der Waals surface area contributed by atoms with Gasteiger partial charge in [-0.3, -0.25) is 9.59 Å². The largest absolute Gasteiger partial charge is 0.383 e. The van der Waals surface area contributed by atoms with Gasteiger partial charge in [0.1, 0.15) is 11.0 Å². The Kier molecular flexibility index (Phi) is 4.41. The standard InChI is InChI=1S/C9H13N3O3S/c1-15-4-6(10)8(14)12-9-5(7(11)13)2-3-16-9/h2-3,6H,4,10H2,1H3,(H2,11,13)(H,12,14). The minimum Gasteiger partial charge on any atom is -0.383 e. The maximum absolute atomic E-state index is 11.5. The molecule has 7 heteroatoms. The number of carbonyl (C=O) groups excluding carboxylic acids is 2. The minimum atomic E-state index is -0.771. The smallest absolute Gasteiger partial charge is 0.251 e. The van der Waals surface area contributed by atoms with Crippen molar-refractivity contribution in [3.05, 3.63) is 17.0 Å². The number of nitrogens with one attached hydrogen (secondary N) is 1. The summed E-state index contributed by atoms with van der Waals surface area (Å²) in [6, 6.07) is 0.776. The molecule has 1 rings (SSSR count). The van der Waals surface area contributed by atoms with Crippen molar-refractivity contribution in [1.82, 2.24) is 0 Å². The number of thiophene rings is 1. The van der Waals surface area contributed by atoms with Crippen molar-refractivity contribution in [2.24, 2.45) is 11.5 Å². The van der Waals surface area contributed by atoms with E-state index in [1.54, 1.807) is 11.4 Å². The van der Waals surface area contributed by atoms with Gasteiger partial charge in [-0.25, -0.2) is 0 Å². The number of hydrogen-bond donors (Lipinski definition) is 3. The Labute approximate surface area is 96.6 Å². The molecule has 1 unspecified atom stereocenters. The summed E-state index contributed by atoms with van der Waals surface area (Å²) >= 11 is 1.21. The molecule has 0 spiro atoms. The topological polar surface area (TPSA) is 107 Å². The van der Waals surface area contributed by atoms with Crippen molar-refractivity contribution in [2.45, 2.75) is 6.04 Å². The zero-order valence-electron chi connectivity index (χ0n) is 8.73. The molecule has 1 aromatic heterocycles. The van der Waals surface area contributed by atoms with Crippen LogP contribution in [0.4, 0.5) is 5.00 Å². The van der Waals surface area contributed by atoms with E-state index in [-0.39, 0.29) is 12.2 Å². The van der Waals surface area contributed by atoms with Gasteiger partial charge in [-0.15, -0.1) is 11.3 Å². The van der Waals surface area contributed by atoms with E-state index in [0.29, 0.717) is 5.00 Å². The van der Waals surface area contributed by atoms with Crippen molar-refractivity contribution >= 4 is 28.2 Å². The van der Waals surface area contributed by atoms with Gasteiger partial charge in [-0.2, -0.15) is 0 Å². The van der Waals surface area contributed by atoms with Crippen LogP contribution in [0.25, 0.3) is 0 Å². The number of carbonyl (C=O) groups is 2. The highest BCUT2D eigenvalue weighted by Gasteiger charge is 2.17. The molecule has 5 N–H and O–H groups in total. The second-order valence-electron chi connectivity index (χ2n) is 3.08. The second-order valence-corrected chi connectivity index (χ2v) is 3.99. The van der Waals surface area contributed by atoms with Crippen LogP contribution in [0.5, 0.6) is 0 Å². The van der Waals surface area contributed by atoms with E-state index in [1.807, 2.05) is 0 Å². The number of primary amides is 1. The summed E-state index contributed by atoms with van der Waals surface area (Å²) in [4.78, 5) is 22.5. The molecule has 0 fully saturated rings. The molecule has 0 aliphatic heterocycles. The maximum Gasteiger partial charge on any atom is 0.251 e. The molecule has 0 saturated carbocycles. The summed E-state index contributed by atoms with van der Waals surface area (Å²) in [6.07, 6.45) is 0.